The Hall–Kier alpha value is -4.14. The van der Waals surface area contributed by atoms with Crippen LogP contribution in [-0.4, -0.2) is 51.8 Å². The van der Waals surface area contributed by atoms with Crippen LogP contribution in [0.4, 0.5) is 4.79 Å². The van der Waals surface area contributed by atoms with Gasteiger partial charge in [0.2, 0.25) is 5.91 Å². The second-order valence-corrected chi connectivity index (χ2v) is 8.93. The summed E-state index contributed by atoms with van der Waals surface area (Å²) in [5, 5.41) is 14.6. The maximum atomic E-state index is 12.4. The highest BCUT2D eigenvalue weighted by molar-refractivity contribution is 5.85. The summed E-state index contributed by atoms with van der Waals surface area (Å²) in [6.45, 7) is 1.06. The Morgan fingerprint density at radius 3 is 2.31 bits per heavy atom. The van der Waals surface area contributed by atoms with E-state index in [1.807, 2.05) is 24.3 Å². The number of carboxylic acid groups (broad SMARTS) is 1. The first-order valence-electron chi connectivity index (χ1n) is 11.6. The van der Waals surface area contributed by atoms with Crippen LogP contribution >= 0.6 is 0 Å². The molecular weight excluding hydrogens is 448 g/mol. The molecule has 1 fully saturated rings. The van der Waals surface area contributed by atoms with Gasteiger partial charge >= 0.3 is 12.1 Å². The molecule has 2 amide bonds. The van der Waals surface area contributed by atoms with Gasteiger partial charge < -0.3 is 25.0 Å². The van der Waals surface area contributed by atoms with E-state index in [2.05, 4.69) is 39.9 Å². The van der Waals surface area contributed by atoms with E-state index in [1.54, 1.807) is 4.57 Å². The fraction of sp³-hybridized carbons (Fsp3) is 0.308. The number of nitrogens with one attached hydrogen (secondary N) is 2. The number of ether oxygens (including phenoxy) is 1. The molecule has 9 nitrogen and oxygen atoms in total. The monoisotopic (exact) mass is 474 g/mol. The number of imidazole rings is 1. The lowest BCUT2D eigenvalue weighted by molar-refractivity contribution is -0.128. The van der Waals surface area contributed by atoms with Gasteiger partial charge in [-0.25, -0.2) is 14.6 Å². The molecule has 0 bridgehead atoms. The van der Waals surface area contributed by atoms with Crippen LogP contribution in [0, 0.1) is 5.92 Å². The van der Waals surface area contributed by atoms with Crippen molar-refractivity contribution in [2.45, 2.75) is 31.3 Å². The van der Waals surface area contributed by atoms with E-state index in [0.717, 1.165) is 11.1 Å². The van der Waals surface area contributed by atoms with Crippen molar-refractivity contribution in [2.75, 3.05) is 13.2 Å². The molecule has 9 heteroatoms. The van der Waals surface area contributed by atoms with Crippen LogP contribution in [0.2, 0.25) is 0 Å². The molecular formula is C26H26N4O5. The molecule has 35 heavy (non-hydrogen) atoms. The van der Waals surface area contributed by atoms with E-state index in [9.17, 15) is 14.4 Å². The Morgan fingerprint density at radius 1 is 1.03 bits per heavy atom. The van der Waals surface area contributed by atoms with Crippen molar-refractivity contribution >= 4 is 18.0 Å². The maximum absolute atomic E-state index is 12.4. The minimum atomic E-state index is -1.09. The van der Waals surface area contributed by atoms with Crippen molar-refractivity contribution in [1.29, 1.82) is 0 Å². The van der Waals surface area contributed by atoms with Crippen LogP contribution < -0.4 is 10.6 Å². The van der Waals surface area contributed by atoms with Crippen LogP contribution in [-0.2, 0) is 16.1 Å². The zero-order valence-corrected chi connectivity index (χ0v) is 19.0. The number of fused-ring (bicyclic) bond motifs is 3. The summed E-state index contributed by atoms with van der Waals surface area (Å²) in [5.74, 6) is -1.31. The molecule has 3 N–H and O–H groups in total. The Morgan fingerprint density at radius 2 is 1.69 bits per heavy atom. The number of aromatic nitrogens is 2. The van der Waals surface area contributed by atoms with Gasteiger partial charge in [-0.2, -0.15) is 0 Å². The number of benzene rings is 2. The summed E-state index contributed by atoms with van der Waals surface area (Å²) >= 11 is 0. The van der Waals surface area contributed by atoms with E-state index in [1.165, 1.54) is 23.7 Å². The predicted octanol–water partition coefficient (Wildman–Crippen LogP) is 3.01. The first-order chi connectivity index (χ1) is 17.0. The zero-order valence-electron chi connectivity index (χ0n) is 19.0. The number of aromatic carboxylic acids is 1. The van der Waals surface area contributed by atoms with Gasteiger partial charge in [0, 0.05) is 37.2 Å². The van der Waals surface area contributed by atoms with E-state index in [4.69, 9.17) is 9.84 Å². The minimum Gasteiger partial charge on any atom is -0.476 e. The molecule has 5 rings (SSSR count). The first kappa shape index (κ1) is 22.6. The topological polar surface area (TPSA) is 123 Å². The third-order valence-corrected chi connectivity index (χ3v) is 6.70. The van der Waals surface area contributed by atoms with Crippen LogP contribution in [0.15, 0.2) is 61.1 Å². The summed E-state index contributed by atoms with van der Waals surface area (Å²) in [7, 11) is 0. The van der Waals surface area contributed by atoms with Gasteiger partial charge in [0.25, 0.3) is 0 Å². The molecule has 0 saturated heterocycles. The molecule has 2 aromatic carbocycles. The number of hydrogen-bond donors (Lipinski definition) is 3. The first-order valence-corrected chi connectivity index (χ1v) is 11.6. The van der Waals surface area contributed by atoms with E-state index < -0.39 is 12.1 Å². The number of amides is 2. The van der Waals surface area contributed by atoms with Crippen molar-refractivity contribution in [3.05, 3.63) is 77.9 Å². The third kappa shape index (κ3) is 4.75. The number of carbonyl (C=O) groups excluding carboxylic acids is 2. The number of hydrogen-bond acceptors (Lipinski definition) is 5. The highest BCUT2D eigenvalue weighted by Crippen LogP contribution is 2.44. The molecule has 2 aliphatic carbocycles. The number of alkyl carbamates (subject to hydrolysis) is 1. The molecule has 0 unspecified atom stereocenters. The molecule has 0 atom stereocenters. The van der Waals surface area contributed by atoms with Crippen LogP contribution in [0.3, 0.4) is 0 Å². The molecule has 1 heterocycles. The Balaban J connectivity index is 1.04. The molecule has 180 valence electrons. The Bertz CT molecular complexity index is 1220. The largest absolute Gasteiger partial charge is 0.476 e. The number of rotatable bonds is 8. The molecule has 2 aliphatic rings. The van der Waals surface area contributed by atoms with Gasteiger partial charge in [0.1, 0.15) is 6.61 Å². The van der Waals surface area contributed by atoms with Gasteiger partial charge in [-0.05, 0) is 35.1 Å². The summed E-state index contributed by atoms with van der Waals surface area (Å²) in [5.41, 5.74) is 4.66. The van der Waals surface area contributed by atoms with Crippen LogP contribution in [0.5, 0.6) is 0 Å². The average Bonchev–Trinajstić information content (AvgIpc) is 3.43. The normalized spacial score (nSPS) is 18.2. The standard InChI is InChI=1S/C26H26N4O5/c31-24(27-9-10-30-13-23(25(32)33)28-15-30)16-11-17(12-16)29-26(34)35-14-22-20-7-3-1-5-18(20)19-6-2-4-8-21(19)22/h1-8,13,15-17,22H,9-12,14H2,(H,27,31)(H,29,34)(H,32,33). The van der Waals surface area contributed by atoms with Gasteiger partial charge in [-0.1, -0.05) is 48.5 Å². The third-order valence-electron chi connectivity index (χ3n) is 6.70. The van der Waals surface area contributed by atoms with Gasteiger partial charge in [-0.15, -0.1) is 0 Å². The smallest absolute Gasteiger partial charge is 0.407 e. The summed E-state index contributed by atoms with van der Waals surface area (Å²) in [6.07, 6.45) is 3.50. The highest BCUT2D eigenvalue weighted by atomic mass is 16.5. The lowest BCUT2D eigenvalue weighted by Crippen LogP contribution is -2.49. The van der Waals surface area contributed by atoms with E-state index in [-0.39, 0.29) is 36.1 Å². The van der Waals surface area contributed by atoms with Crippen LogP contribution in [0.25, 0.3) is 11.1 Å². The van der Waals surface area contributed by atoms with Crippen molar-refractivity contribution < 1.29 is 24.2 Å². The molecule has 0 aliphatic heterocycles. The fourth-order valence-corrected chi connectivity index (χ4v) is 4.80. The van der Waals surface area contributed by atoms with Crippen molar-refractivity contribution in [3.8, 4) is 11.1 Å². The molecule has 0 radical (unpaired) electrons. The average molecular weight is 475 g/mol. The molecule has 1 aromatic heterocycles. The number of carboxylic acids is 1. The fourth-order valence-electron chi connectivity index (χ4n) is 4.80. The van der Waals surface area contributed by atoms with Gasteiger partial charge in [0.05, 0.1) is 6.33 Å². The van der Waals surface area contributed by atoms with Crippen molar-refractivity contribution in [1.82, 2.24) is 20.2 Å². The predicted molar refractivity (Wildman–Crippen MR) is 127 cm³/mol. The maximum Gasteiger partial charge on any atom is 0.407 e. The highest BCUT2D eigenvalue weighted by Gasteiger charge is 2.36. The van der Waals surface area contributed by atoms with E-state index in [0.29, 0.717) is 25.9 Å². The minimum absolute atomic E-state index is 0.00939. The van der Waals surface area contributed by atoms with Crippen LogP contribution in [0.1, 0.15) is 40.4 Å². The Kier molecular flexibility index (Phi) is 6.22. The summed E-state index contributed by atoms with van der Waals surface area (Å²) < 4.78 is 7.19. The van der Waals surface area contributed by atoms with Gasteiger partial charge in [-0.3, -0.25) is 4.79 Å². The Labute approximate surface area is 202 Å². The van der Waals surface area contributed by atoms with Crippen molar-refractivity contribution in [2.24, 2.45) is 5.92 Å². The van der Waals surface area contributed by atoms with Gasteiger partial charge in [0.15, 0.2) is 5.69 Å². The second-order valence-electron chi connectivity index (χ2n) is 8.93. The van der Waals surface area contributed by atoms with Crippen molar-refractivity contribution in [3.63, 3.8) is 0 Å². The lowest BCUT2D eigenvalue weighted by Gasteiger charge is -2.34. The summed E-state index contributed by atoms with van der Waals surface area (Å²) in [6, 6.07) is 16.3. The molecule has 0 spiro atoms. The van der Waals surface area contributed by atoms with E-state index >= 15 is 0 Å². The summed E-state index contributed by atoms with van der Waals surface area (Å²) in [4.78, 5) is 39.4. The number of nitrogens with zero attached hydrogens (tertiary/aromatic N) is 2. The number of carbonyl (C=O) groups is 3. The molecule has 3 aromatic rings. The molecule has 1 saturated carbocycles. The quantitative estimate of drug-likeness (QED) is 0.461. The SMILES string of the molecule is O=C(NC1CC(C(=O)NCCn2cnc(C(=O)O)c2)C1)OCC1c2ccccc2-c2ccccc21. The lowest BCUT2D eigenvalue weighted by atomic mass is 9.79. The zero-order chi connectivity index (χ0) is 24.4. The second kappa shape index (κ2) is 9.61.